The Morgan fingerprint density at radius 2 is 1.92 bits per heavy atom. The van der Waals surface area contributed by atoms with Crippen molar-refractivity contribution in [3.8, 4) is 5.75 Å². The van der Waals surface area contributed by atoms with Crippen molar-refractivity contribution in [1.82, 2.24) is 4.90 Å². The molecule has 1 N–H and O–H groups in total. The number of carboxylic acid groups (broad SMARTS) is 1. The summed E-state index contributed by atoms with van der Waals surface area (Å²) < 4.78 is 45.0. The molecule has 2 rings (SSSR count). The van der Waals surface area contributed by atoms with Crippen LogP contribution in [-0.4, -0.2) is 55.1 Å². The average molecular weight is 347 g/mol. The lowest BCUT2D eigenvalue weighted by atomic mass is 9.88. The predicted molar refractivity (Wildman–Crippen MR) is 75.6 cm³/mol. The number of nitrogens with zero attached hydrogens (tertiary/aromatic N) is 1. The smallest absolute Gasteiger partial charge is 0.481 e. The van der Waals surface area contributed by atoms with Gasteiger partial charge in [0.15, 0.2) is 0 Å². The summed E-state index contributed by atoms with van der Waals surface area (Å²) in [4.78, 5) is 25.2. The van der Waals surface area contributed by atoms with E-state index >= 15 is 0 Å². The minimum absolute atomic E-state index is 0.0180. The Kier molecular flexibility index (Phi) is 5.02. The fraction of sp³-hybridized carbons (Fsp3) is 0.467. The number of likely N-dealkylation sites (tertiary alicyclic amines) is 1. The van der Waals surface area contributed by atoms with E-state index in [1.165, 1.54) is 24.1 Å². The van der Waals surface area contributed by atoms with Crippen LogP contribution in [0.2, 0.25) is 0 Å². The number of benzene rings is 1. The van der Waals surface area contributed by atoms with Crippen molar-refractivity contribution in [2.24, 2.45) is 5.41 Å². The average Bonchev–Trinajstić information content (AvgIpc) is 2.92. The summed E-state index contributed by atoms with van der Waals surface area (Å²) in [5.41, 5.74) is -1.01. The fourth-order valence-electron chi connectivity index (χ4n) is 2.66. The second-order valence-electron chi connectivity index (χ2n) is 5.57. The van der Waals surface area contributed by atoms with E-state index in [9.17, 15) is 27.9 Å². The molecule has 1 atom stereocenters. The molecule has 1 fully saturated rings. The Hall–Kier alpha value is -2.29. The molecule has 0 aliphatic carbocycles. The van der Waals surface area contributed by atoms with E-state index in [-0.39, 0.29) is 31.7 Å². The van der Waals surface area contributed by atoms with Crippen LogP contribution >= 0.6 is 0 Å². The molecule has 1 aliphatic rings. The van der Waals surface area contributed by atoms with Crippen molar-refractivity contribution in [2.45, 2.75) is 12.8 Å². The summed E-state index contributed by atoms with van der Waals surface area (Å²) in [6.45, 7) is 0.190. The summed E-state index contributed by atoms with van der Waals surface area (Å²) in [7, 11) is 1.38. The Balaban J connectivity index is 2.08. The predicted octanol–water partition coefficient (Wildman–Crippen LogP) is 2.15. The van der Waals surface area contributed by atoms with Gasteiger partial charge in [-0.25, -0.2) is 0 Å². The van der Waals surface area contributed by atoms with Crippen molar-refractivity contribution in [3.05, 3.63) is 29.8 Å². The molecule has 132 valence electrons. The van der Waals surface area contributed by atoms with Gasteiger partial charge >= 0.3 is 12.3 Å². The van der Waals surface area contributed by atoms with E-state index in [4.69, 9.17) is 4.74 Å². The molecule has 1 aromatic rings. The van der Waals surface area contributed by atoms with Crippen LogP contribution in [-0.2, 0) is 9.53 Å². The summed E-state index contributed by atoms with van der Waals surface area (Å²) in [6, 6.07) is 4.49. The summed E-state index contributed by atoms with van der Waals surface area (Å²) >= 11 is 0. The molecule has 0 saturated carbocycles. The molecular formula is C15H16F3NO5. The Morgan fingerprint density at radius 1 is 1.29 bits per heavy atom. The highest BCUT2D eigenvalue weighted by Gasteiger charge is 2.46. The number of carbonyl (C=O) groups excluding carboxylic acids is 1. The first-order valence-corrected chi connectivity index (χ1v) is 7.04. The van der Waals surface area contributed by atoms with Crippen LogP contribution in [0.3, 0.4) is 0 Å². The number of methoxy groups -OCH3 is 1. The van der Waals surface area contributed by atoms with Crippen LogP contribution in [0.1, 0.15) is 16.8 Å². The minimum Gasteiger partial charge on any atom is -0.481 e. The van der Waals surface area contributed by atoms with Crippen molar-refractivity contribution >= 4 is 11.9 Å². The lowest BCUT2D eigenvalue weighted by Crippen LogP contribution is -2.40. The van der Waals surface area contributed by atoms with Gasteiger partial charge in [0.1, 0.15) is 11.2 Å². The Labute approximate surface area is 135 Å². The highest BCUT2D eigenvalue weighted by atomic mass is 19.4. The van der Waals surface area contributed by atoms with Crippen LogP contribution in [0.5, 0.6) is 5.75 Å². The maximum Gasteiger partial charge on any atom is 0.573 e. The molecule has 0 bridgehead atoms. The highest BCUT2D eigenvalue weighted by Crippen LogP contribution is 2.32. The zero-order chi connectivity index (χ0) is 18.0. The Bertz CT molecular complexity index is 617. The third-order valence-corrected chi connectivity index (χ3v) is 3.85. The molecule has 1 amide bonds. The normalized spacial score (nSPS) is 20.9. The monoisotopic (exact) mass is 347 g/mol. The number of amides is 1. The first kappa shape index (κ1) is 18.1. The number of aliphatic carboxylic acids is 1. The molecule has 0 spiro atoms. The molecule has 1 aliphatic heterocycles. The van der Waals surface area contributed by atoms with Gasteiger partial charge in [-0.1, -0.05) is 0 Å². The molecule has 6 nitrogen and oxygen atoms in total. The van der Waals surface area contributed by atoms with Gasteiger partial charge in [-0.3, -0.25) is 9.59 Å². The third-order valence-electron chi connectivity index (χ3n) is 3.85. The minimum atomic E-state index is -4.80. The number of hydrogen-bond acceptors (Lipinski definition) is 4. The summed E-state index contributed by atoms with van der Waals surface area (Å²) in [6.07, 6.45) is -4.56. The number of hydrogen-bond donors (Lipinski definition) is 1. The van der Waals surface area contributed by atoms with Gasteiger partial charge < -0.3 is 19.5 Å². The van der Waals surface area contributed by atoms with E-state index in [1.807, 2.05) is 0 Å². The Morgan fingerprint density at radius 3 is 2.42 bits per heavy atom. The highest BCUT2D eigenvalue weighted by molar-refractivity contribution is 5.95. The van der Waals surface area contributed by atoms with E-state index in [0.29, 0.717) is 0 Å². The SMILES string of the molecule is COCC1(C(=O)O)CCN(C(=O)c2ccc(OC(F)(F)F)cc2)C1. The first-order valence-electron chi connectivity index (χ1n) is 7.04. The third kappa shape index (κ3) is 3.97. The van der Waals surface area contributed by atoms with Gasteiger partial charge in [-0.15, -0.1) is 13.2 Å². The second-order valence-corrected chi connectivity index (χ2v) is 5.57. The fourth-order valence-corrected chi connectivity index (χ4v) is 2.66. The number of alkyl halides is 3. The van der Waals surface area contributed by atoms with Crippen molar-refractivity contribution in [3.63, 3.8) is 0 Å². The van der Waals surface area contributed by atoms with Crippen LogP contribution < -0.4 is 4.74 Å². The molecule has 1 saturated heterocycles. The van der Waals surface area contributed by atoms with Crippen LogP contribution in [0.25, 0.3) is 0 Å². The summed E-state index contributed by atoms with van der Waals surface area (Å²) in [5, 5.41) is 9.37. The lowest BCUT2D eigenvalue weighted by Gasteiger charge is -2.23. The standard InChI is InChI=1S/C15H16F3NO5/c1-23-9-14(13(21)22)6-7-19(8-14)12(20)10-2-4-11(5-3-10)24-15(16,17)18/h2-5H,6-9H2,1H3,(H,21,22). The molecule has 0 radical (unpaired) electrons. The van der Waals surface area contributed by atoms with Crippen molar-refractivity contribution in [1.29, 1.82) is 0 Å². The number of halogens is 3. The van der Waals surface area contributed by atoms with Crippen molar-refractivity contribution < 1.29 is 37.3 Å². The second kappa shape index (κ2) is 6.68. The van der Waals surface area contributed by atoms with Crippen LogP contribution in [0, 0.1) is 5.41 Å². The maximum absolute atomic E-state index is 12.4. The van der Waals surface area contributed by atoms with Gasteiger partial charge in [0.2, 0.25) is 0 Å². The van der Waals surface area contributed by atoms with Gasteiger partial charge in [-0.2, -0.15) is 0 Å². The first-order chi connectivity index (χ1) is 11.2. The van der Waals surface area contributed by atoms with E-state index in [1.54, 1.807) is 0 Å². The largest absolute Gasteiger partial charge is 0.573 e. The molecule has 0 aromatic heterocycles. The quantitative estimate of drug-likeness (QED) is 0.883. The molecule has 24 heavy (non-hydrogen) atoms. The van der Waals surface area contributed by atoms with Crippen molar-refractivity contribution in [2.75, 3.05) is 26.8 Å². The van der Waals surface area contributed by atoms with Crippen LogP contribution in [0.15, 0.2) is 24.3 Å². The molecule has 1 heterocycles. The van der Waals surface area contributed by atoms with Gasteiger partial charge in [0.25, 0.3) is 5.91 Å². The van der Waals surface area contributed by atoms with Gasteiger partial charge in [0, 0.05) is 25.8 Å². The van der Waals surface area contributed by atoms with E-state index in [2.05, 4.69) is 4.74 Å². The molecule has 1 unspecified atom stereocenters. The summed E-state index contributed by atoms with van der Waals surface area (Å²) in [5.74, 6) is -1.93. The topological polar surface area (TPSA) is 76.1 Å². The molecule has 9 heteroatoms. The van der Waals surface area contributed by atoms with Crippen LogP contribution in [0.4, 0.5) is 13.2 Å². The van der Waals surface area contributed by atoms with Gasteiger partial charge in [0.05, 0.1) is 6.61 Å². The lowest BCUT2D eigenvalue weighted by molar-refractivity contribution is -0.274. The maximum atomic E-state index is 12.4. The van der Waals surface area contributed by atoms with E-state index in [0.717, 1.165) is 12.1 Å². The van der Waals surface area contributed by atoms with E-state index < -0.39 is 29.4 Å². The number of ether oxygens (including phenoxy) is 2. The zero-order valence-corrected chi connectivity index (χ0v) is 12.8. The number of carbonyl (C=O) groups is 2. The number of carboxylic acids is 1. The zero-order valence-electron chi connectivity index (χ0n) is 12.8. The molecule has 1 aromatic carbocycles. The molecular weight excluding hydrogens is 331 g/mol. The van der Waals surface area contributed by atoms with Gasteiger partial charge in [-0.05, 0) is 30.7 Å². The number of rotatable bonds is 5.